The fourth-order valence-electron chi connectivity index (χ4n) is 3.74. The Labute approximate surface area is 106 Å². The maximum Gasteiger partial charge on any atom is 0.152 e. The van der Waals surface area contributed by atoms with Crippen molar-refractivity contribution in [3.8, 4) is 0 Å². The number of ketones is 1. The van der Waals surface area contributed by atoms with Gasteiger partial charge in [0.25, 0.3) is 0 Å². The quantitative estimate of drug-likeness (QED) is 0.799. The van der Waals surface area contributed by atoms with E-state index in [0.29, 0.717) is 11.7 Å². The third-order valence-electron chi connectivity index (χ3n) is 4.48. The molecule has 1 N–H and O–H groups in total. The van der Waals surface area contributed by atoms with Crippen LogP contribution in [0.2, 0.25) is 0 Å². The molecule has 1 saturated heterocycles. The van der Waals surface area contributed by atoms with E-state index < -0.39 is 0 Å². The van der Waals surface area contributed by atoms with Gasteiger partial charge in [-0.25, -0.2) is 0 Å². The molecule has 0 bridgehead atoms. The van der Waals surface area contributed by atoms with Gasteiger partial charge in [-0.05, 0) is 50.5 Å². The molecule has 1 heterocycles. The minimum absolute atomic E-state index is 0.167. The molecule has 0 aromatic carbocycles. The van der Waals surface area contributed by atoms with E-state index in [4.69, 9.17) is 0 Å². The zero-order valence-electron chi connectivity index (χ0n) is 11.4. The highest BCUT2D eigenvalue weighted by Gasteiger charge is 2.32. The van der Waals surface area contributed by atoms with Gasteiger partial charge in [-0.1, -0.05) is 26.7 Å². The Balaban J connectivity index is 1.93. The van der Waals surface area contributed by atoms with Crippen molar-refractivity contribution >= 4 is 5.78 Å². The Hall–Kier alpha value is -0.370. The highest BCUT2D eigenvalue weighted by molar-refractivity contribution is 5.86. The van der Waals surface area contributed by atoms with Crippen molar-refractivity contribution < 1.29 is 4.79 Å². The van der Waals surface area contributed by atoms with Crippen LogP contribution >= 0.6 is 0 Å². The molecule has 17 heavy (non-hydrogen) atoms. The van der Waals surface area contributed by atoms with Crippen molar-refractivity contribution in [1.29, 1.82) is 0 Å². The lowest BCUT2D eigenvalue weighted by Crippen LogP contribution is -2.41. The van der Waals surface area contributed by atoms with Crippen molar-refractivity contribution in [1.82, 2.24) is 5.32 Å². The second kappa shape index (κ2) is 5.99. The Morgan fingerprint density at radius 1 is 1.00 bits per heavy atom. The number of rotatable bonds is 2. The maximum absolute atomic E-state index is 12.5. The third kappa shape index (κ3) is 3.54. The molecular weight excluding hydrogens is 210 g/mol. The van der Waals surface area contributed by atoms with E-state index >= 15 is 0 Å². The van der Waals surface area contributed by atoms with Gasteiger partial charge in [-0.2, -0.15) is 0 Å². The Kier molecular flexibility index (Phi) is 4.61. The molecule has 0 aromatic rings. The first-order valence-corrected chi connectivity index (χ1v) is 7.44. The molecule has 1 aliphatic heterocycles. The monoisotopic (exact) mass is 237 g/mol. The third-order valence-corrected chi connectivity index (χ3v) is 4.48. The summed E-state index contributed by atoms with van der Waals surface area (Å²) < 4.78 is 0. The van der Waals surface area contributed by atoms with Crippen LogP contribution < -0.4 is 5.32 Å². The summed E-state index contributed by atoms with van der Waals surface area (Å²) in [5, 5.41) is 3.46. The van der Waals surface area contributed by atoms with Gasteiger partial charge in [0, 0.05) is 5.92 Å². The van der Waals surface area contributed by atoms with Crippen LogP contribution in [0.25, 0.3) is 0 Å². The van der Waals surface area contributed by atoms with Crippen LogP contribution in [0.3, 0.4) is 0 Å². The van der Waals surface area contributed by atoms with E-state index in [1.165, 1.54) is 25.7 Å². The second-order valence-corrected chi connectivity index (χ2v) is 6.37. The van der Waals surface area contributed by atoms with Crippen molar-refractivity contribution in [3.05, 3.63) is 0 Å². The fraction of sp³-hybridized carbons (Fsp3) is 0.933. The first-order chi connectivity index (χ1) is 8.16. The lowest BCUT2D eigenvalue weighted by molar-refractivity contribution is -0.127. The molecule has 2 aliphatic rings. The van der Waals surface area contributed by atoms with Crippen LogP contribution in [0.5, 0.6) is 0 Å². The molecule has 98 valence electrons. The summed E-state index contributed by atoms with van der Waals surface area (Å²) in [5.41, 5.74) is 0. The Bertz CT molecular complexity index is 246. The number of hydrogen-bond acceptors (Lipinski definition) is 2. The first kappa shape index (κ1) is 13.1. The Morgan fingerprint density at radius 3 is 2.41 bits per heavy atom. The van der Waals surface area contributed by atoms with Gasteiger partial charge in [-0.3, -0.25) is 4.79 Å². The minimum Gasteiger partial charge on any atom is -0.307 e. The van der Waals surface area contributed by atoms with Crippen molar-refractivity contribution in [2.24, 2.45) is 17.8 Å². The number of nitrogens with one attached hydrogen (secondary N) is 1. The highest BCUT2D eigenvalue weighted by Crippen LogP contribution is 2.34. The topological polar surface area (TPSA) is 29.1 Å². The number of hydrogen-bond donors (Lipinski definition) is 1. The van der Waals surface area contributed by atoms with Crippen LogP contribution in [0.15, 0.2) is 0 Å². The summed E-state index contributed by atoms with van der Waals surface area (Å²) in [4.78, 5) is 12.5. The normalized spacial score (nSPS) is 39.6. The van der Waals surface area contributed by atoms with E-state index in [0.717, 1.165) is 37.6 Å². The molecule has 0 aromatic heterocycles. The molecule has 1 saturated carbocycles. The van der Waals surface area contributed by atoms with Crippen molar-refractivity contribution in [2.75, 3.05) is 6.54 Å². The molecule has 3 atom stereocenters. The summed E-state index contributed by atoms with van der Waals surface area (Å²) in [5.74, 6) is 2.33. The smallest absolute Gasteiger partial charge is 0.152 e. The number of Topliss-reactive ketones (excluding diaryl/α,β-unsaturated/α-hetero) is 1. The summed E-state index contributed by atoms with van der Waals surface area (Å²) in [6.07, 6.45) is 8.37. The van der Waals surface area contributed by atoms with Gasteiger partial charge in [0.2, 0.25) is 0 Å². The average molecular weight is 237 g/mol. The maximum atomic E-state index is 12.5. The van der Waals surface area contributed by atoms with Gasteiger partial charge in [0.1, 0.15) is 0 Å². The molecule has 2 fully saturated rings. The largest absolute Gasteiger partial charge is 0.307 e. The Morgan fingerprint density at radius 2 is 1.71 bits per heavy atom. The average Bonchev–Trinajstić information content (AvgIpc) is 2.55. The fourth-order valence-corrected chi connectivity index (χ4v) is 3.74. The van der Waals surface area contributed by atoms with E-state index in [1.54, 1.807) is 0 Å². The van der Waals surface area contributed by atoms with Crippen LogP contribution in [0.1, 0.15) is 58.8 Å². The van der Waals surface area contributed by atoms with Gasteiger partial charge in [0.05, 0.1) is 6.04 Å². The summed E-state index contributed by atoms with van der Waals surface area (Å²) in [6.45, 7) is 5.64. The molecular formula is C15H27NO. The van der Waals surface area contributed by atoms with E-state index in [-0.39, 0.29) is 6.04 Å². The molecule has 3 unspecified atom stereocenters. The highest BCUT2D eigenvalue weighted by atomic mass is 16.1. The van der Waals surface area contributed by atoms with Gasteiger partial charge >= 0.3 is 0 Å². The van der Waals surface area contributed by atoms with Gasteiger partial charge < -0.3 is 5.32 Å². The molecule has 0 spiro atoms. The SMILES string of the molecule is CC1CC(C)CC(C(=O)C2CCCCCN2)C1. The van der Waals surface area contributed by atoms with Gasteiger partial charge in [-0.15, -0.1) is 0 Å². The lowest BCUT2D eigenvalue weighted by Gasteiger charge is -2.32. The van der Waals surface area contributed by atoms with E-state index in [9.17, 15) is 4.79 Å². The van der Waals surface area contributed by atoms with Crippen LogP contribution in [0.4, 0.5) is 0 Å². The van der Waals surface area contributed by atoms with Crippen molar-refractivity contribution in [2.45, 2.75) is 64.8 Å². The molecule has 2 rings (SSSR count). The van der Waals surface area contributed by atoms with Crippen LogP contribution in [0, 0.1) is 17.8 Å². The molecule has 2 nitrogen and oxygen atoms in total. The predicted molar refractivity (Wildman–Crippen MR) is 70.9 cm³/mol. The number of carbonyl (C=O) groups is 1. The molecule has 1 aliphatic carbocycles. The predicted octanol–water partition coefficient (Wildman–Crippen LogP) is 3.16. The van der Waals surface area contributed by atoms with Crippen LogP contribution in [-0.2, 0) is 4.79 Å². The summed E-state index contributed by atoms with van der Waals surface area (Å²) >= 11 is 0. The minimum atomic E-state index is 0.167. The van der Waals surface area contributed by atoms with E-state index in [1.807, 2.05) is 0 Å². The molecule has 2 heteroatoms. The zero-order chi connectivity index (χ0) is 12.3. The lowest BCUT2D eigenvalue weighted by atomic mass is 9.73. The number of carbonyl (C=O) groups excluding carboxylic acids is 1. The standard InChI is InChI=1S/C15H27NO/c1-11-8-12(2)10-13(9-11)15(17)14-6-4-3-5-7-16-14/h11-14,16H,3-10H2,1-2H3. The zero-order valence-corrected chi connectivity index (χ0v) is 11.4. The van der Waals surface area contributed by atoms with Crippen LogP contribution in [-0.4, -0.2) is 18.4 Å². The molecule has 0 amide bonds. The summed E-state index contributed by atoms with van der Waals surface area (Å²) in [7, 11) is 0. The molecule has 0 radical (unpaired) electrons. The second-order valence-electron chi connectivity index (χ2n) is 6.37. The van der Waals surface area contributed by atoms with Crippen molar-refractivity contribution in [3.63, 3.8) is 0 Å². The summed E-state index contributed by atoms with van der Waals surface area (Å²) in [6, 6.07) is 0.167. The van der Waals surface area contributed by atoms with Gasteiger partial charge in [0.15, 0.2) is 5.78 Å². The van der Waals surface area contributed by atoms with E-state index in [2.05, 4.69) is 19.2 Å². The first-order valence-electron chi connectivity index (χ1n) is 7.44.